The number of aromatic nitrogens is 3. The van der Waals surface area contributed by atoms with Crippen molar-refractivity contribution in [2.24, 2.45) is 13.0 Å². The summed E-state index contributed by atoms with van der Waals surface area (Å²) in [6, 6.07) is 0.447. The third-order valence-electron chi connectivity index (χ3n) is 1.91. The quantitative estimate of drug-likeness (QED) is 0.770. The predicted molar refractivity (Wildman–Crippen MR) is 53.5 cm³/mol. The SMILES string of the molecule is CC(C)CC(C)Nc1ncnn1C. The predicted octanol–water partition coefficient (Wildman–Crippen LogP) is 1.66. The highest BCUT2D eigenvalue weighted by molar-refractivity contribution is 5.23. The zero-order chi connectivity index (χ0) is 9.84. The van der Waals surface area contributed by atoms with E-state index in [0.29, 0.717) is 12.0 Å². The molecule has 0 fully saturated rings. The van der Waals surface area contributed by atoms with Gasteiger partial charge in [-0.15, -0.1) is 0 Å². The Labute approximate surface area is 79.4 Å². The summed E-state index contributed by atoms with van der Waals surface area (Å²) in [5.41, 5.74) is 0. The molecule has 1 atom stereocenters. The summed E-state index contributed by atoms with van der Waals surface area (Å²) in [5.74, 6) is 1.55. The van der Waals surface area contributed by atoms with Gasteiger partial charge in [0.05, 0.1) is 0 Å². The van der Waals surface area contributed by atoms with Gasteiger partial charge in [0.15, 0.2) is 0 Å². The van der Waals surface area contributed by atoms with Crippen LogP contribution in [0.1, 0.15) is 27.2 Å². The first-order chi connectivity index (χ1) is 6.09. The smallest absolute Gasteiger partial charge is 0.221 e. The molecule has 0 aliphatic carbocycles. The van der Waals surface area contributed by atoms with E-state index in [1.807, 2.05) is 7.05 Å². The maximum Gasteiger partial charge on any atom is 0.221 e. The lowest BCUT2D eigenvalue weighted by Gasteiger charge is -2.15. The first-order valence-corrected chi connectivity index (χ1v) is 4.70. The Morgan fingerprint density at radius 2 is 2.15 bits per heavy atom. The summed E-state index contributed by atoms with van der Waals surface area (Å²) in [6.07, 6.45) is 2.71. The van der Waals surface area contributed by atoms with Crippen LogP contribution in [0.5, 0.6) is 0 Å². The Bertz CT molecular complexity index is 254. The van der Waals surface area contributed by atoms with Gasteiger partial charge in [-0.05, 0) is 19.3 Å². The van der Waals surface area contributed by atoms with Crippen LogP contribution in [0.25, 0.3) is 0 Å². The third-order valence-corrected chi connectivity index (χ3v) is 1.91. The highest BCUT2D eigenvalue weighted by atomic mass is 15.4. The van der Waals surface area contributed by atoms with E-state index in [9.17, 15) is 0 Å². The normalized spacial score (nSPS) is 13.3. The summed E-state index contributed by atoms with van der Waals surface area (Å²) in [5, 5.41) is 7.30. The Hall–Kier alpha value is -1.06. The van der Waals surface area contributed by atoms with Crippen molar-refractivity contribution in [1.82, 2.24) is 14.8 Å². The molecule has 1 rings (SSSR count). The lowest BCUT2D eigenvalue weighted by atomic mass is 10.1. The van der Waals surface area contributed by atoms with Crippen molar-refractivity contribution < 1.29 is 0 Å². The Kier molecular flexibility index (Phi) is 3.28. The second-order valence-electron chi connectivity index (χ2n) is 3.88. The number of hydrogen-bond acceptors (Lipinski definition) is 3. The minimum atomic E-state index is 0.447. The maximum absolute atomic E-state index is 4.10. The number of aryl methyl sites for hydroxylation is 1. The number of nitrogens with zero attached hydrogens (tertiary/aromatic N) is 3. The zero-order valence-corrected chi connectivity index (χ0v) is 8.78. The van der Waals surface area contributed by atoms with Crippen molar-refractivity contribution in [3.63, 3.8) is 0 Å². The highest BCUT2D eigenvalue weighted by Crippen LogP contribution is 2.08. The van der Waals surface area contributed by atoms with Gasteiger partial charge in [-0.3, -0.25) is 0 Å². The molecular weight excluding hydrogens is 164 g/mol. The minimum Gasteiger partial charge on any atom is -0.352 e. The third kappa shape index (κ3) is 3.05. The van der Waals surface area contributed by atoms with Crippen LogP contribution in [0.3, 0.4) is 0 Å². The molecule has 1 heterocycles. The van der Waals surface area contributed by atoms with E-state index in [-0.39, 0.29) is 0 Å². The molecule has 4 nitrogen and oxygen atoms in total. The fourth-order valence-corrected chi connectivity index (χ4v) is 1.41. The number of rotatable bonds is 4. The summed E-state index contributed by atoms with van der Waals surface area (Å²) in [6.45, 7) is 6.60. The second-order valence-corrected chi connectivity index (χ2v) is 3.88. The summed E-state index contributed by atoms with van der Waals surface area (Å²) >= 11 is 0. The van der Waals surface area contributed by atoms with Crippen LogP contribution in [0, 0.1) is 5.92 Å². The van der Waals surface area contributed by atoms with Gasteiger partial charge in [0.2, 0.25) is 5.95 Å². The lowest BCUT2D eigenvalue weighted by molar-refractivity contribution is 0.535. The van der Waals surface area contributed by atoms with Crippen molar-refractivity contribution in [1.29, 1.82) is 0 Å². The van der Waals surface area contributed by atoms with E-state index in [1.165, 1.54) is 0 Å². The van der Waals surface area contributed by atoms with Gasteiger partial charge in [0.25, 0.3) is 0 Å². The van der Waals surface area contributed by atoms with Crippen LogP contribution in [0.15, 0.2) is 6.33 Å². The molecule has 0 amide bonds. The van der Waals surface area contributed by atoms with E-state index >= 15 is 0 Å². The summed E-state index contributed by atoms with van der Waals surface area (Å²) in [4.78, 5) is 4.10. The fraction of sp³-hybridized carbons (Fsp3) is 0.778. The van der Waals surface area contributed by atoms with Gasteiger partial charge < -0.3 is 5.32 Å². The standard InChI is InChI=1S/C9H18N4/c1-7(2)5-8(3)12-9-10-6-11-13(9)4/h6-8H,5H2,1-4H3,(H,10,11,12). The van der Waals surface area contributed by atoms with Crippen LogP contribution in [-0.2, 0) is 7.05 Å². The monoisotopic (exact) mass is 182 g/mol. The second kappa shape index (κ2) is 4.25. The van der Waals surface area contributed by atoms with E-state index < -0.39 is 0 Å². The average molecular weight is 182 g/mol. The Balaban J connectivity index is 2.45. The average Bonchev–Trinajstić information content (AvgIpc) is 2.34. The van der Waals surface area contributed by atoms with Crippen molar-refractivity contribution in [3.05, 3.63) is 6.33 Å². The van der Waals surface area contributed by atoms with E-state index in [0.717, 1.165) is 12.4 Å². The fourth-order valence-electron chi connectivity index (χ4n) is 1.41. The van der Waals surface area contributed by atoms with E-state index in [2.05, 4.69) is 36.2 Å². The van der Waals surface area contributed by atoms with Crippen molar-refractivity contribution in [2.75, 3.05) is 5.32 Å². The molecule has 0 saturated heterocycles. The molecule has 4 heteroatoms. The topological polar surface area (TPSA) is 42.7 Å². The van der Waals surface area contributed by atoms with E-state index in [4.69, 9.17) is 0 Å². The van der Waals surface area contributed by atoms with Gasteiger partial charge in [-0.25, -0.2) is 4.68 Å². The molecule has 0 aromatic carbocycles. The van der Waals surface area contributed by atoms with Gasteiger partial charge >= 0.3 is 0 Å². The molecule has 0 saturated carbocycles. The number of anilines is 1. The number of nitrogens with one attached hydrogen (secondary N) is 1. The molecule has 0 aliphatic rings. The molecule has 0 bridgehead atoms. The Morgan fingerprint density at radius 1 is 1.46 bits per heavy atom. The lowest BCUT2D eigenvalue weighted by Crippen LogP contribution is -2.19. The molecule has 0 radical (unpaired) electrons. The Morgan fingerprint density at radius 3 is 2.62 bits per heavy atom. The van der Waals surface area contributed by atoms with E-state index in [1.54, 1.807) is 11.0 Å². The van der Waals surface area contributed by atoms with Gasteiger partial charge in [0, 0.05) is 13.1 Å². The molecule has 1 unspecified atom stereocenters. The molecule has 1 aromatic rings. The summed E-state index contributed by atoms with van der Waals surface area (Å²) < 4.78 is 1.75. The molecule has 0 aliphatic heterocycles. The van der Waals surface area contributed by atoms with Crippen LogP contribution in [-0.4, -0.2) is 20.8 Å². The highest BCUT2D eigenvalue weighted by Gasteiger charge is 2.07. The van der Waals surface area contributed by atoms with Gasteiger partial charge in [0.1, 0.15) is 6.33 Å². The molecule has 1 aromatic heterocycles. The first-order valence-electron chi connectivity index (χ1n) is 4.70. The van der Waals surface area contributed by atoms with Crippen LogP contribution >= 0.6 is 0 Å². The first kappa shape index (κ1) is 10.0. The zero-order valence-electron chi connectivity index (χ0n) is 8.78. The molecule has 1 N–H and O–H groups in total. The number of hydrogen-bond donors (Lipinski definition) is 1. The van der Waals surface area contributed by atoms with Crippen molar-refractivity contribution >= 4 is 5.95 Å². The molecule has 0 spiro atoms. The molecule has 13 heavy (non-hydrogen) atoms. The van der Waals surface area contributed by atoms with Gasteiger partial charge in [-0.2, -0.15) is 10.1 Å². The maximum atomic E-state index is 4.10. The summed E-state index contributed by atoms with van der Waals surface area (Å²) in [7, 11) is 1.89. The van der Waals surface area contributed by atoms with Crippen LogP contribution in [0.2, 0.25) is 0 Å². The van der Waals surface area contributed by atoms with Crippen LogP contribution in [0.4, 0.5) is 5.95 Å². The largest absolute Gasteiger partial charge is 0.352 e. The molecular formula is C9H18N4. The van der Waals surface area contributed by atoms with Crippen LogP contribution < -0.4 is 5.32 Å². The minimum absolute atomic E-state index is 0.447. The van der Waals surface area contributed by atoms with Crippen molar-refractivity contribution in [2.45, 2.75) is 33.2 Å². The van der Waals surface area contributed by atoms with Crippen molar-refractivity contribution in [3.8, 4) is 0 Å². The van der Waals surface area contributed by atoms with Gasteiger partial charge in [-0.1, -0.05) is 13.8 Å². The molecule has 74 valence electrons.